The minimum Gasteiger partial charge on any atom is -0.365 e. The Labute approximate surface area is 122 Å². The SMILES string of the molecule is Fc1cccc(F)c1N1CC[C@@H](NCc2cccnc2)C1. The fourth-order valence-corrected chi connectivity index (χ4v) is 2.69. The van der Waals surface area contributed by atoms with Gasteiger partial charge >= 0.3 is 0 Å². The second-order valence-electron chi connectivity index (χ2n) is 5.24. The number of aromatic nitrogens is 1. The number of pyridine rings is 1. The highest BCUT2D eigenvalue weighted by molar-refractivity contribution is 5.50. The maximum absolute atomic E-state index is 13.8. The maximum atomic E-state index is 13.8. The molecule has 0 saturated carbocycles. The average Bonchev–Trinajstić information content (AvgIpc) is 2.95. The molecule has 0 bridgehead atoms. The standard InChI is InChI=1S/C16H17F2N3/c17-14-4-1-5-15(18)16(14)21-8-6-13(11-21)20-10-12-3-2-7-19-9-12/h1-5,7,9,13,20H,6,8,10-11H2/t13-/m1/s1. The number of nitrogens with zero attached hydrogens (tertiary/aromatic N) is 2. The van der Waals surface area contributed by atoms with Crippen molar-refractivity contribution in [3.05, 3.63) is 59.9 Å². The van der Waals surface area contributed by atoms with E-state index in [2.05, 4.69) is 10.3 Å². The molecule has 0 aliphatic carbocycles. The van der Waals surface area contributed by atoms with E-state index in [1.165, 1.54) is 18.2 Å². The van der Waals surface area contributed by atoms with Gasteiger partial charge in [-0.3, -0.25) is 4.98 Å². The van der Waals surface area contributed by atoms with E-state index in [-0.39, 0.29) is 11.7 Å². The van der Waals surface area contributed by atoms with E-state index in [0.717, 1.165) is 12.0 Å². The van der Waals surface area contributed by atoms with Crippen LogP contribution in [0.1, 0.15) is 12.0 Å². The minimum atomic E-state index is -0.497. The summed E-state index contributed by atoms with van der Waals surface area (Å²) < 4.78 is 27.5. The van der Waals surface area contributed by atoms with Crippen LogP contribution in [0.25, 0.3) is 0 Å². The summed E-state index contributed by atoms with van der Waals surface area (Å²) in [5, 5.41) is 3.41. The largest absolute Gasteiger partial charge is 0.365 e. The molecule has 1 aromatic carbocycles. The monoisotopic (exact) mass is 289 g/mol. The van der Waals surface area contributed by atoms with E-state index in [1.54, 1.807) is 11.1 Å². The number of para-hydroxylation sites is 1. The molecule has 0 amide bonds. The summed E-state index contributed by atoms with van der Waals surface area (Å²) >= 11 is 0. The summed E-state index contributed by atoms with van der Waals surface area (Å²) in [6.45, 7) is 1.98. The Bertz CT molecular complexity index is 583. The zero-order valence-corrected chi connectivity index (χ0v) is 11.6. The first-order valence-electron chi connectivity index (χ1n) is 7.05. The second kappa shape index (κ2) is 6.18. The van der Waals surface area contributed by atoms with Crippen molar-refractivity contribution in [1.82, 2.24) is 10.3 Å². The van der Waals surface area contributed by atoms with Gasteiger partial charge in [-0.05, 0) is 30.2 Å². The summed E-state index contributed by atoms with van der Waals surface area (Å²) in [5.74, 6) is -0.995. The lowest BCUT2D eigenvalue weighted by molar-refractivity contribution is 0.546. The molecule has 21 heavy (non-hydrogen) atoms. The maximum Gasteiger partial charge on any atom is 0.149 e. The normalized spacial score (nSPS) is 18.2. The number of hydrogen-bond donors (Lipinski definition) is 1. The molecule has 1 aliphatic heterocycles. The Morgan fingerprint density at radius 2 is 2.00 bits per heavy atom. The van der Waals surface area contributed by atoms with Crippen LogP contribution in [0.15, 0.2) is 42.7 Å². The first-order valence-corrected chi connectivity index (χ1v) is 7.05. The van der Waals surface area contributed by atoms with Gasteiger partial charge in [0.05, 0.1) is 0 Å². The minimum absolute atomic E-state index is 0.0863. The third-order valence-corrected chi connectivity index (χ3v) is 3.76. The summed E-state index contributed by atoms with van der Waals surface area (Å²) in [6, 6.07) is 8.12. The Balaban J connectivity index is 1.61. The number of nitrogens with one attached hydrogen (secondary N) is 1. The molecule has 0 spiro atoms. The lowest BCUT2D eigenvalue weighted by atomic mass is 10.2. The van der Waals surface area contributed by atoms with Gasteiger partial charge in [-0.1, -0.05) is 12.1 Å². The zero-order chi connectivity index (χ0) is 14.7. The predicted molar refractivity (Wildman–Crippen MR) is 78.1 cm³/mol. The van der Waals surface area contributed by atoms with Crippen LogP contribution in [0.3, 0.4) is 0 Å². The highest BCUT2D eigenvalue weighted by Crippen LogP contribution is 2.26. The number of halogens is 2. The van der Waals surface area contributed by atoms with Gasteiger partial charge in [0.25, 0.3) is 0 Å². The highest BCUT2D eigenvalue weighted by atomic mass is 19.1. The van der Waals surface area contributed by atoms with Crippen molar-refractivity contribution in [2.45, 2.75) is 19.0 Å². The van der Waals surface area contributed by atoms with Crippen LogP contribution in [-0.2, 0) is 6.54 Å². The van der Waals surface area contributed by atoms with Crippen LogP contribution in [0.2, 0.25) is 0 Å². The summed E-state index contributed by atoms with van der Waals surface area (Å²) in [4.78, 5) is 5.84. The molecule has 2 aromatic rings. The summed E-state index contributed by atoms with van der Waals surface area (Å²) in [5.41, 5.74) is 1.19. The third kappa shape index (κ3) is 3.19. The highest BCUT2D eigenvalue weighted by Gasteiger charge is 2.26. The Hall–Kier alpha value is -2.01. The van der Waals surface area contributed by atoms with E-state index in [4.69, 9.17) is 0 Å². The van der Waals surface area contributed by atoms with Crippen molar-refractivity contribution in [3.63, 3.8) is 0 Å². The van der Waals surface area contributed by atoms with Crippen molar-refractivity contribution in [1.29, 1.82) is 0 Å². The van der Waals surface area contributed by atoms with Gasteiger partial charge in [0, 0.05) is 38.1 Å². The fourth-order valence-electron chi connectivity index (χ4n) is 2.69. The van der Waals surface area contributed by atoms with Crippen LogP contribution in [0, 0.1) is 11.6 Å². The zero-order valence-electron chi connectivity index (χ0n) is 11.6. The molecule has 0 unspecified atom stereocenters. The van der Waals surface area contributed by atoms with E-state index in [1.807, 2.05) is 18.3 Å². The van der Waals surface area contributed by atoms with Crippen LogP contribution in [0.4, 0.5) is 14.5 Å². The van der Waals surface area contributed by atoms with Gasteiger partial charge in [0.2, 0.25) is 0 Å². The molecule has 1 aromatic heterocycles. The van der Waals surface area contributed by atoms with Gasteiger partial charge < -0.3 is 10.2 Å². The van der Waals surface area contributed by atoms with Crippen LogP contribution < -0.4 is 10.2 Å². The van der Waals surface area contributed by atoms with Crippen molar-refractivity contribution < 1.29 is 8.78 Å². The molecule has 2 heterocycles. The Kier molecular flexibility index (Phi) is 4.10. The molecule has 1 saturated heterocycles. The topological polar surface area (TPSA) is 28.2 Å². The first kappa shape index (κ1) is 13.9. The van der Waals surface area contributed by atoms with E-state index in [9.17, 15) is 8.78 Å². The van der Waals surface area contributed by atoms with Crippen molar-refractivity contribution in [2.75, 3.05) is 18.0 Å². The van der Waals surface area contributed by atoms with Crippen molar-refractivity contribution in [3.8, 4) is 0 Å². The molecule has 3 rings (SSSR count). The molecular formula is C16H17F2N3. The van der Waals surface area contributed by atoms with Gasteiger partial charge in [0.15, 0.2) is 0 Å². The predicted octanol–water partition coefficient (Wildman–Crippen LogP) is 2.73. The molecular weight excluding hydrogens is 272 g/mol. The summed E-state index contributed by atoms with van der Waals surface area (Å²) in [7, 11) is 0. The van der Waals surface area contributed by atoms with Gasteiger partial charge in [-0.2, -0.15) is 0 Å². The number of anilines is 1. The Morgan fingerprint density at radius 3 is 2.71 bits per heavy atom. The summed E-state index contributed by atoms with van der Waals surface area (Å²) in [6.07, 6.45) is 4.42. The smallest absolute Gasteiger partial charge is 0.149 e. The van der Waals surface area contributed by atoms with E-state index >= 15 is 0 Å². The van der Waals surface area contributed by atoms with Crippen LogP contribution in [-0.4, -0.2) is 24.1 Å². The van der Waals surface area contributed by atoms with Gasteiger partial charge in [-0.15, -0.1) is 0 Å². The molecule has 1 atom stereocenters. The number of hydrogen-bond acceptors (Lipinski definition) is 3. The molecule has 0 radical (unpaired) electrons. The molecule has 1 aliphatic rings. The third-order valence-electron chi connectivity index (χ3n) is 3.76. The van der Waals surface area contributed by atoms with E-state index < -0.39 is 11.6 Å². The number of benzene rings is 1. The quantitative estimate of drug-likeness (QED) is 0.938. The van der Waals surface area contributed by atoms with Crippen LogP contribution >= 0.6 is 0 Å². The average molecular weight is 289 g/mol. The van der Waals surface area contributed by atoms with Gasteiger partial charge in [0.1, 0.15) is 17.3 Å². The van der Waals surface area contributed by atoms with Gasteiger partial charge in [-0.25, -0.2) is 8.78 Å². The lowest BCUT2D eigenvalue weighted by Gasteiger charge is -2.20. The molecule has 110 valence electrons. The second-order valence-corrected chi connectivity index (χ2v) is 5.24. The van der Waals surface area contributed by atoms with Crippen molar-refractivity contribution in [2.24, 2.45) is 0 Å². The van der Waals surface area contributed by atoms with E-state index in [0.29, 0.717) is 19.6 Å². The fraction of sp³-hybridized carbons (Fsp3) is 0.312. The molecule has 5 heteroatoms. The number of rotatable bonds is 4. The first-order chi connectivity index (χ1) is 10.2. The molecule has 1 fully saturated rings. The Morgan fingerprint density at radius 1 is 1.19 bits per heavy atom. The lowest BCUT2D eigenvalue weighted by Crippen LogP contribution is -2.32. The van der Waals surface area contributed by atoms with Crippen LogP contribution in [0.5, 0.6) is 0 Å². The molecule has 1 N–H and O–H groups in total. The van der Waals surface area contributed by atoms with Crippen molar-refractivity contribution >= 4 is 5.69 Å². The molecule has 3 nitrogen and oxygen atoms in total.